The predicted molar refractivity (Wildman–Crippen MR) is 147 cm³/mol. The molecular weight excluding hydrogens is 476 g/mol. The molecule has 6 heterocycles. The van der Waals surface area contributed by atoms with Gasteiger partial charge < -0.3 is 14.6 Å². The molecule has 0 unspecified atom stereocenters. The number of fused-ring (bicyclic) bond motifs is 2. The molecule has 2 N–H and O–H groups in total. The number of imidazole rings is 1. The summed E-state index contributed by atoms with van der Waals surface area (Å²) < 4.78 is 5.98. The summed E-state index contributed by atoms with van der Waals surface area (Å²) >= 11 is 0. The summed E-state index contributed by atoms with van der Waals surface area (Å²) in [4.78, 5) is 24.3. The highest BCUT2D eigenvalue weighted by Gasteiger charge is 2.19. The van der Waals surface area contributed by atoms with Gasteiger partial charge in [-0.25, -0.2) is 4.98 Å². The largest absolute Gasteiger partial charge is 0.487 e. The average molecular weight is 503 g/mol. The predicted octanol–water partition coefficient (Wildman–Crippen LogP) is 5.53. The molecule has 0 atom stereocenters. The number of H-pyrrole nitrogens is 2. The Kier molecular flexibility index (Phi) is 5.65. The molecule has 0 bridgehead atoms. The number of nitrogens with one attached hydrogen (secondary N) is 2. The lowest BCUT2D eigenvalue weighted by atomic mass is 10.1. The van der Waals surface area contributed by atoms with Crippen molar-refractivity contribution < 1.29 is 4.74 Å². The molecule has 0 amide bonds. The molecule has 9 nitrogen and oxygen atoms in total. The maximum absolute atomic E-state index is 5.98. The number of aromatic nitrogens is 7. The molecular formula is C29H26N8O. The van der Waals surface area contributed by atoms with Crippen LogP contribution in [-0.4, -0.2) is 48.2 Å². The van der Waals surface area contributed by atoms with Crippen molar-refractivity contribution in [2.24, 2.45) is 0 Å². The summed E-state index contributed by atoms with van der Waals surface area (Å²) in [5.74, 6) is 1.39. The Morgan fingerprint density at radius 3 is 2.63 bits per heavy atom. The molecule has 0 radical (unpaired) electrons. The van der Waals surface area contributed by atoms with Crippen LogP contribution in [0.15, 0.2) is 73.4 Å². The van der Waals surface area contributed by atoms with Crippen molar-refractivity contribution in [1.29, 1.82) is 0 Å². The van der Waals surface area contributed by atoms with E-state index in [-0.39, 0.29) is 0 Å². The lowest BCUT2D eigenvalue weighted by Crippen LogP contribution is -2.29. The second-order valence-electron chi connectivity index (χ2n) is 9.56. The van der Waals surface area contributed by atoms with Crippen molar-refractivity contribution in [3.63, 3.8) is 0 Å². The third kappa shape index (κ3) is 4.21. The molecule has 1 aliphatic heterocycles. The van der Waals surface area contributed by atoms with Gasteiger partial charge in [0.25, 0.3) is 0 Å². The minimum atomic E-state index is 0.477. The smallest absolute Gasteiger partial charge is 0.159 e. The molecule has 38 heavy (non-hydrogen) atoms. The second-order valence-corrected chi connectivity index (χ2v) is 9.56. The number of nitrogens with zero attached hydrogens (tertiary/aromatic N) is 6. The number of anilines is 1. The van der Waals surface area contributed by atoms with Crippen LogP contribution in [0.5, 0.6) is 5.75 Å². The lowest BCUT2D eigenvalue weighted by Gasteiger charge is -2.28. The fraction of sp³-hybridized carbons (Fsp3) is 0.207. The van der Waals surface area contributed by atoms with Gasteiger partial charge in [-0.1, -0.05) is 30.3 Å². The van der Waals surface area contributed by atoms with Crippen molar-refractivity contribution in [3.05, 3.63) is 79.0 Å². The Morgan fingerprint density at radius 1 is 0.868 bits per heavy atom. The number of benzene rings is 1. The highest BCUT2D eigenvalue weighted by atomic mass is 16.5. The quantitative estimate of drug-likeness (QED) is 0.308. The fourth-order valence-electron chi connectivity index (χ4n) is 5.03. The highest BCUT2D eigenvalue weighted by molar-refractivity contribution is 5.96. The van der Waals surface area contributed by atoms with E-state index in [9.17, 15) is 0 Å². The summed E-state index contributed by atoms with van der Waals surface area (Å²) in [7, 11) is 0. The summed E-state index contributed by atoms with van der Waals surface area (Å²) in [6, 6.07) is 14.1. The van der Waals surface area contributed by atoms with Crippen LogP contribution in [0.25, 0.3) is 44.7 Å². The molecule has 1 aromatic carbocycles. The Morgan fingerprint density at radius 2 is 1.74 bits per heavy atom. The maximum atomic E-state index is 5.98. The zero-order valence-corrected chi connectivity index (χ0v) is 20.8. The molecule has 1 fully saturated rings. The van der Waals surface area contributed by atoms with Crippen LogP contribution >= 0.6 is 0 Å². The number of rotatable bonds is 6. The van der Waals surface area contributed by atoms with Crippen LogP contribution in [0.1, 0.15) is 24.8 Å². The number of hydrogen-bond donors (Lipinski definition) is 2. The van der Waals surface area contributed by atoms with Gasteiger partial charge in [0.1, 0.15) is 23.6 Å². The van der Waals surface area contributed by atoms with Gasteiger partial charge in [0.15, 0.2) is 5.82 Å². The van der Waals surface area contributed by atoms with E-state index in [1.807, 2.05) is 54.9 Å². The van der Waals surface area contributed by atoms with Crippen molar-refractivity contribution in [1.82, 2.24) is 35.1 Å². The van der Waals surface area contributed by atoms with Crippen LogP contribution in [0.3, 0.4) is 0 Å². The number of ether oxygens (including phenoxy) is 1. The average Bonchev–Trinajstić information content (AvgIpc) is 3.61. The molecule has 0 aliphatic carbocycles. The second kappa shape index (κ2) is 9.59. The number of pyridine rings is 3. The van der Waals surface area contributed by atoms with Gasteiger partial charge in [-0.2, -0.15) is 5.10 Å². The molecule has 9 heteroatoms. The van der Waals surface area contributed by atoms with Gasteiger partial charge in [-0.3, -0.25) is 20.1 Å². The van der Waals surface area contributed by atoms with Crippen molar-refractivity contribution in [2.75, 3.05) is 18.0 Å². The standard InChI is InChI=1S/C29H26N8O/c1-3-7-19(8-4-1)18-38-21-11-20(13-30-14-21)23-12-22-24(16-32-23)35-36-27(22)29-33-25-15-31-17-26(28(25)34-29)37-9-5-2-6-10-37/h1,3-4,7-8,11-17H,2,5-6,9-10,18H2,(H,33,34)(H,35,36). The fourth-order valence-corrected chi connectivity index (χ4v) is 5.03. The molecule has 1 aliphatic rings. The van der Waals surface area contributed by atoms with E-state index in [2.05, 4.69) is 35.0 Å². The maximum Gasteiger partial charge on any atom is 0.159 e. The first kappa shape index (κ1) is 22.4. The number of hydrogen-bond acceptors (Lipinski definition) is 7. The lowest BCUT2D eigenvalue weighted by molar-refractivity contribution is 0.305. The van der Waals surface area contributed by atoms with Gasteiger partial charge in [-0.05, 0) is 37.0 Å². The molecule has 188 valence electrons. The first-order chi connectivity index (χ1) is 18.8. The van der Waals surface area contributed by atoms with E-state index in [4.69, 9.17) is 9.72 Å². The van der Waals surface area contributed by atoms with Crippen LogP contribution in [0, 0.1) is 0 Å². The van der Waals surface area contributed by atoms with E-state index in [0.29, 0.717) is 18.2 Å². The van der Waals surface area contributed by atoms with Gasteiger partial charge in [0.05, 0.1) is 47.2 Å². The summed E-state index contributed by atoms with van der Waals surface area (Å²) in [6.45, 7) is 2.54. The van der Waals surface area contributed by atoms with E-state index >= 15 is 0 Å². The molecule has 1 saturated heterocycles. The molecule has 7 rings (SSSR count). The van der Waals surface area contributed by atoms with Crippen molar-refractivity contribution in [3.8, 4) is 28.5 Å². The third-order valence-corrected chi connectivity index (χ3v) is 7.00. The van der Waals surface area contributed by atoms with Gasteiger partial charge in [-0.15, -0.1) is 0 Å². The molecule has 0 spiro atoms. The summed E-state index contributed by atoms with van der Waals surface area (Å²) in [5.41, 5.74) is 7.23. The van der Waals surface area contributed by atoms with Crippen LogP contribution in [0.4, 0.5) is 5.69 Å². The van der Waals surface area contributed by atoms with Crippen molar-refractivity contribution >= 4 is 27.6 Å². The zero-order valence-electron chi connectivity index (χ0n) is 20.8. The van der Waals surface area contributed by atoms with E-state index < -0.39 is 0 Å². The summed E-state index contributed by atoms with van der Waals surface area (Å²) in [5, 5.41) is 8.61. The monoisotopic (exact) mass is 502 g/mol. The first-order valence-corrected chi connectivity index (χ1v) is 12.9. The Labute approximate surface area is 219 Å². The van der Waals surface area contributed by atoms with Crippen molar-refractivity contribution in [2.45, 2.75) is 25.9 Å². The van der Waals surface area contributed by atoms with E-state index in [1.54, 1.807) is 18.6 Å². The van der Waals surface area contributed by atoms with Gasteiger partial charge >= 0.3 is 0 Å². The Bertz CT molecular complexity index is 1720. The summed E-state index contributed by atoms with van der Waals surface area (Å²) in [6.07, 6.45) is 12.7. The number of piperidine rings is 1. The molecule has 0 saturated carbocycles. The van der Waals surface area contributed by atoms with Gasteiger partial charge in [0.2, 0.25) is 0 Å². The molecule has 5 aromatic heterocycles. The van der Waals surface area contributed by atoms with Gasteiger partial charge in [0, 0.05) is 30.2 Å². The normalized spacial score (nSPS) is 13.8. The number of aromatic amines is 2. The third-order valence-electron chi connectivity index (χ3n) is 7.00. The minimum Gasteiger partial charge on any atom is -0.487 e. The van der Waals surface area contributed by atoms with E-state index in [0.717, 1.165) is 63.2 Å². The Hall–Kier alpha value is -4.79. The highest BCUT2D eigenvalue weighted by Crippen LogP contribution is 2.32. The van der Waals surface area contributed by atoms with Crippen LogP contribution < -0.4 is 9.64 Å². The zero-order chi connectivity index (χ0) is 25.3. The molecule has 6 aromatic rings. The topological polar surface area (TPSA) is 109 Å². The SMILES string of the molecule is c1ccc(COc2cncc(-c3cc4c(-c5nc6c(N7CCCCC7)cncc6[nH]5)n[nH]c4cn3)c2)cc1. The Balaban J connectivity index is 1.22. The van der Waals surface area contributed by atoms with Crippen LogP contribution in [-0.2, 0) is 6.61 Å². The first-order valence-electron chi connectivity index (χ1n) is 12.9. The van der Waals surface area contributed by atoms with Crippen LogP contribution in [0.2, 0.25) is 0 Å². The minimum absolute atomic E-state index is 0.477. The van der Waals surface area contributed by atoms with E-state index in [1.165, 1.54) is 19.3 Å².